The lowest BCUT2D eigenvalue weighted by molar-refractivity contribution is -0.123. The number of aryl methyl sites for hydroxylation is 1. The topological polar surface area (TPSA) is 68.3 Å². The van der Waals surface area contributed by atoms with E-state index in [2.05, 4.69) is 10.3 Å². The van der Waals surface area contributed by atoms with Crippen LogP contribution in [0.25, 0.3) is 10.6 Å². The Morgan fingerprint density at radius 1 is 1.08 bits per heavy atom. The predicted octanol–water partition coefficient (Wildman–Crippen LogP) is 4.30. The SMILES string of the molecule is Cc1ccc(NC(=O)[C@@H](C)OC(=O)c2csc(-c3ccccc3)n2)cc1. The summed E-state index contributed by atoms with van der Waals surface area (Å²) in [5.74, 6) is -1.00. The quantitative estimate of drug-likeness (QED) is 0.684. The summed E-state index contributed by atoms with van der Waals surface area (Å²) < 4.78 is 5.24. The number of nitrogens with zero attached hydrogens (tertiary/aromatic N) is 1. The highest BCUT2D eigenvalue weighted by molar-refractivity contribution is 7.13. The number of hydrogen-bond donors (Lipinski definition) is 1. The van der Waals surface area contributed by atoms with Crippen molar-refractivity contribution in [3.8, 4) is 10.6 Å². The molecule has 1 aromatic heterocycles. The van der Waals surface area contributed by atoms with E-state index in [-0.39, 0.29) is 11.6 Å². The minimum absolute atomic E-state index is 0.198. The van der Waals surface area contributed by atoms with Crippen molar-refractivity contribution in [1.82, 2.24) is 4.98 Å². The van der Waals surface area contributed by atoms with E-state index >= 15 is 0 Å². The highest BCUT2D eigenvalue weighted by Gasteiger charge is 2.21. The Kier molecular flexibility index (Phi) is 5.43. The standard InChI is InChI=1S/C20H18N2O3S/c1-13-8-10-16(11-9-13)21-18(23)14(2)25-20(24)17-12-26-19(22-17)15-6-4-3-5-7-15/h3-12,14H,1-2H3,(H,21,23)/t14-/m1/s1. The third-order valence-electron chi connectivity index (χ3n) is 3.71. The first kappa shape index (κ1) is 17.8. The number of carbonyl (C=O) groups is 2. The summed E-state index contributed by atoms with van der Waals surface area (Å²) in [6, 6.07) is 17.0. The fraction of sp³-hybridized carbons (Fsp3) is 0.150. The molecule has 0 unspecified atom stereocenters. The summed E-state index contributed by atoms with van der Waals surface area (Å²) in [5, 5.41) is 5.09. The van der Waals surface area contributed by atoms with Crippen LogP contribution in [-0.2, 0) is 9.53 Å². The lowest BCUT2D eigenvalue weighted by Crippen LogP contribution is -2.30. The molecule has 0 aliphatic rings. The molecule has 0 aliphatic carbocycles. The summed E-state index contributed by atoms with van der Waals surface area (Å²) in [5.41, 5.74) is 2.88. The van der Waals surface area contributed by atoms with Crippen molar-refractivity contribution in [2.75, 3.05) is 5.32 Å². The van der Waals surface area contributed by atoms with Gasteiger partial charge in [0.05, 0.1) is 0 Å². The zero-order valence-corrected chi connectivity index (χ0v) is 15.2. The first-order chi connectivity index (χ1) is 12.5. The first-order valence-corrected chi connectivity index (χ1v) is 9.00. The van der Waals surface area contributed by atoms with Crippen LogP contribution in [0, 0.1) is 6.92 Å². The second kappa shape index (κ2) is 7.93. The van der Waals surface area contributed by atoms with E-state index in [0.29, 0.717) is 5.69 Å². The van der Waals surface area contributed by atoms with Crippen LogP contribution in [0.5, 0.6) is 0 Å². The van der Waals surface area contributed by atoms with Crippen LogP contribution in [0.2, 0.25) is 0 Å². The third-order valence-corrected chi connectivity index (χ3v) is 4.60. The lowest BCUT2D eigenvalue weighted by atomic mass is 10.2. The molecule has 1 amide bonds. The van der Waals surface area contributed by atoms with E-state index in [1.165, 1.54) is 18.3 Å². The molecular weight excluding hydrogens is 348 g/mol. The Balaban J connectivity index is 1.61. The van der Waals surface area contributed by atoms with Crippen molar-refractivity contribution in [1.29, 1.82) is 0 Å². The Bertz CT molecular complexity index is 904. The van der Waals surface area contributed by atoms with E-state index in [9.17, 15) is 9.59 Å². The molecule has 0 saturated heterocycles. The minimum atomic E-state index is -0.925. The fourth-order valence-electron chi connectivity index (χ4n) is 2.24. The molecular formula is C20H18N2O3S. The third kappa shape index (κ3) is 4.34. The zero-order valence-electron chi connectivity index (χ0n) is 14.4. The van der Waals surface area contributed by atoms with E-state index in [1.54, 1.807) is 17.5 Å². The summed E-state index contributed by atoms with van der Waals surface area (Å²) in [6.45, 7) is 3.50. The monoisotopic (exact) mass is 366 g/mol. The molecule has 5 nitrogen and oxygen atoms in total. The van der Waals surface area contributed by atoms with Crippen LogP contribution >= 0.6 is 11.3 Å². The van der Waals surface area contributed by atoms with Crippen molar-refractivity contribution >= 4 is 28.9 Å². The molecule has 3 aromatic rings. The van der Waals surface area contributed by atoms with Gasteiger partial charge in [0, 0.05) is 16.6 Å². The average Bonchev–Trinajstić information content (AvgIpc) is 3.14. The van der Waals surface area contributed by atoms with E-state index in [1.807, 2.05) is 49.4 Å². The molecule has 26 heavy (non-hydrogen) atoms. The summed E-state index contributed by atoms with van der Waals surface area (Å²) in [4.78, 5) is 28.7. The summed E-state index contributed by atoms with van der Waals surface area (Å²) >= 11 is 1.36. The molecule has 3 rings (SSSR count). The van der Waals surface area contributed by atoms with Crippen LogP contribution in [0.1, 0.15) is 23.0 Å². The van der Waals surface area contributed by atoms with Crippen molar-refractivity contribution in [2.24, 2.45) is 0 Å². The largest absolute Gasteiger partial charge is 0.448 e. The average molecular weight is 366 g/mol. The Hall–Kier alpha value is -2.99. The number of benzene rings is 2. The number of rotatable bonds is 5. The van der Waals surface area contributed by atoms with Crippen molar-refractivity contribution in [3.63, 3.8) is 0 Å². The van der Waals surface area contributed by atoms with Crippen LogP contribution in [0.4, 0.5) is 5.69 Å². The molecule has 1 N–H and O–H groups in total. The van der Waals surface area contributed by atoms with E-state index < -0.39 is 12.1 Å². The normalized spacial score (nSPS) is 11.6. The highest BCUT2D eigenvalue weighted by atomic mass is 32.1. The fourth-order valence-corrected chi connectivity index (χ4v) is 3.03. The Labute approximate surface area is 155 Å². The summed E-state index contributed by atoms with van der Waals surface area (Å²) in [7, 11) is 0. The van der Waals surface area contributed by atoms with Gasteiger partial charge in [-0.1, -0.05) is 48.0 Å². The molecule has 1 atom stereocenters. The number of aromatic nitrogens is 1. The highest BCUT2D eigenvalue weighted by Crippen LogP contribution is 2.23. The molecule has 0 aliphatic heterocycles. The molecule has 0 spiro atoms. The molecule has 0 bridgehead atoms. The van der Waals surface area contributed by atoms with Crippen LogP contribution in [0.3, 0.4) is 0 Å². The van der Waals surface area contributed by atoms with Gasteiger partial charge in [-0.2, -0.15) is 0 Å². The van der Waals surface area contributed by atoms with Crippen LogP contribution in [-0.4, -0.2) is 23.0 Å². The number of amides is 1. The number of ether oxygens (including phenoxy) is 1. The molecule has 132 valence electrons. The Morgan fingerprint density at radius 2 is 1.77 bits per heavy atom. The van der Waals surface area contributed by atoms with Gasteiger partial charge in [-0.05, 0) is 26.0 Å². The van der Waals surface area contributed by atoms with Gasteiger partial charge in [-0.25, -0.2) is 9.78 Å². The number of nitrogens with one attached hydrogen (secondary N) is 1. The molecule has 0 radical (unpaired) electrons. The minimum Gasteiger partial charge on any atom is -0.448 e. The van der Waals surface area contributed by atoms with Gasteiger partial charge in [0.15, 0.2) is 11.8 Å². The maximum absolute atomic E-state index is 12.2. The second-order valence-corrected chi connectivity index (χ2v) is 6.66. The van der Waals surface area contributed by atoms with Gasteiger partial charge in [0.2, 0.25) is 0 Å². The maximum Gasteiger partial charge on any atom is 0.358 e. The number of thiazole rings is 1. The smallest absolute Gasteiger partial charge is 0.358 e. The van der Waals surface area contributed by atoms with Crippen molar-refractivity contribution in [3.05, 3.63) is 71.2 Å². The van der Waals surface area contributed by atoms with Gasteiger partial charge in [0.1, 0.15) is 5.01 Å². The van der Waals surface area contributed by atoms with Crippen LogP contribution < -0.4 is 5.32 Å². The zero-order chi connectivity index (χ0) is 18.5. The van der Waals surface area contributed by atoms with Crippen molar-refractivity contribution < 1.29 is 14.3 Å². The number of esters is 1. The molecule has 0 saturated carbocycles. The number of hydrogen-bond acceptors (Lipinski definition) is 5. The van der Waals surface area contributed by atoms with Gasteiger partial charge in [-0.3, -0.25) is 4.79 Å². The van der Waals surface area contributed by atoms with Crippen molar-refractivity contribution in [2.45, 2.75) is 20.0 Å². The summed E-state index contributed by atoms with van der Waals surface area (Å²) in [6.07, 6.45) is -0.925. The lowest BCUT2D eigenvalue weighted by Gasteiger charge is -2.12. The van der Waals surface area contributed by atoms with Gasteiger partial charge < -0.3 is 10.1 Å². The van der Waals surface area contributed by atoms with E-state index in [0.717, 1.165) is 16.1 Å². The van der Waals surface area contributed by atoms with Gasteiger partial charge >= 0.3 is 5.97 Å². The van der Waals surface area contributed by atoms with Gasteiger partial charge in [0.25, 0.3) is 5.91 Å². The molecule has 2 aromatic carbocycles. The second-order valence-electron chi connectivity index (χ2n) is 5.81. The Morgan fingerprint density at radius 3 is 2.46 bits per heavy atom. The molecule has 0 fully saturated rings. The first-order valence-electron chi connectivity index (χ1n) is 8.12. The van der Waals surface area contributed by atoms with Crippen LogP contribution in [0.15, 0.2) is 60.0 Å². The predicted molar refractivity (Wildman–Crippen MR) is 102 cm³/mol. The van der Waals surface area contributed by atoms with Gasteiger partial charge in [-0.15, -0.1) is 11.3 Å². The number of anilines is 1. The maximum atomic E-state index is 12.2. The number of carbonyl (C=O) groups excluding carboxylic acids is 2. The molecule has 1 heterocycles. The van der Waals surface area contributed by atoms with E-state index in [4.69, 9.17) is 4.74 Å². The molecule has 6 heteroatoms.